The van der Waals surface area contributed by atoms with Gasteiger partial charge >= 0.3 is 0 Å². The van der Waals surface area contributed by atoms with E-state index >= 15 is 0 Å². The molecule has 1 fully saturated rings. The van der Waals surface area contributed by atoms with Gasteiger partial charge in [-0.3, -0.25) is 4.79 Å². The molecule has 2 heterocycles. The average Bonchev–Trinajstić information content (AvgIpc) is 2.83. The molecule has 1 aromatic carbocycles. The number of carbonyl (C=O) groups excluding carboxylic acids is 1. The van der Waals surface area contributed by atoms with Crippen LogP contribution in [0.1, 0.15) is 42.8 Å². The summed E-state index contributed by atoms with van der Waals surface area (Å²) in [5.41, 5.74) is 2.44. The van der Waals surface area contributed by atoms with E-state index in [2.05, 4.69) is 4.98 Å². The van der Waals surface area contributed by atoms with E-state index in [1.165, 1.54) is 6.42 Å². The molecule has 1 atom stereocenters. The molecule has 94 valence electrons. The van der Waals surface area contributed by atoms with Gasteiger partial charge in [0.2, 0.25) is 0 Å². The summed E-state index contributed by atoms with van der Waals surface area (Å²) in [7, 11) is 0. The van der Waals surface area contributed by atoms with Gasteiger partial charge < -0.3 is 9.30 Å². The first-order valence-electron chi connectivity index (χ1n) is 6.35. The van der Waals surface area contributed by atoms with Crippen molar-refractivity contribution in [1.82, 2.24) is 9.55 Å². The van der Waals surface area contributed by atoms with Crippen LogP contribution >= 0.6 is 0 Å². The molecule has 1 aliphatic rings. The Balaban J connectivity index is 2.08. The minimum Gasteiger partial charge on any atom is -0.358 e. The summed E-state index contributed by atoms with van der Waals surface area (Å²) in [6.07, 6.45) is 5.16. The molecule has 0 radical (unpaired) electrons. The normalized spacial score (nSPS) is 20.2. The molecule has 1 unspecified atom stereocenters. The average molecular weight is 244 g/mol. The van der Waals surface area contributed by atoms with Gasteiger partial charge in [-0.1, -0.05) is 6.07 Å². The molecule has 4 heteroatoms. The van der Waals surface area contributed by atoms with Crippen LogP contribution in [0.5, 0.6) is 0 Å². The first-order chi connectivity index (χ1) is 8.77. The Morgan fingerprint density at radius 1 is 1.44 bits per heavy atom. The monoisotopic (exact) mass is 244 g/mol. The highest BCUT2D eigenvalue weighted by atomic mass is 16.5. The van der Waals surface area contributed by atoms with Crippen LogP contribution in [-0.2, 0) is 4.74 Å². The molecule has 0 aliphatic carbocycles. The second-order valence-corrected chi connectivity index (χ2v) is 4.70. The Morgan fingerprint density at radius 3 is 3.06 bits per heavy atom. The predicted molar refractivity (Wildman–Crippen MR) is 68.6 cm³/mol. The van der Waals surface area contributed by atoms with Crippen LogP contribution in [0, 0.1) is 0 Å². The summed E-state index contributed by atoms with van der Waals surface area (Å²) in [6, 6.07) is 5.72. The minimum absolute atomic E-state index is 0.0513. The van der Waals surface area contributed by atoms with Crippen LogP contribution in [0.3, 0.4) is 0 Å². The lowest BCUT2D eigenvalue weighted by atomic mass is 10.1. The van der Waals surface area contributed by atoms with Gasteiger partial charge in [-0.2, -0.15) is 0 Å². The van der Waals surface area contributed by atoms with E-state index in [4.69, 9.17) is 4.74 Å². The topological polar surface area (TPSA) is 44.1 Å². The van der Waals surface area contributed by atoms with E-state index < -0.39 is 0 Å². The zero-order chi connectivity index (χ0) is 12.5. The van der Waals surface area contributed by atoms with Gasteiger partial charge in [-0.25, -0.2) is 4.98 Å². The molecule has 1 saturated heterocycles. The van der Waals surface area contributed by atoms with Gasteiger partial charge in [0.15, 0.2) is 5.78 Å². The minimum atomic E-state index is 0.0513. The molecule has 1 aromatic heterocycles. The molecule has 4 nitrogen and oxygen atoms in total. The number of nitrogens with zero attached hydrogens (tertiary/aromatic N) is 2. The zero-order valence-corrected chi connectivity index (χ0v) is 10.4. The molecular formula is C14H16N2O2. The van der Waals surface area contributed by atoms with Crippen LogP contribution in [-0.4, -0.2) is 21.9 Å². The van der Waals surface area contributed by atoms with Crippen LogP contribution in [0.2, 0.25) is 0 Å². The summed E-state index contributed by atoms with van der Waals surface area (Å²) < 4.78 is 7.81. The number of hydrogen-bond donors (Lipinski definition) is 0. The number of rotatable bonds is 2. The highest BCUT2D eigenvalue weighted by molar-refractivity contribution is 6.04. The van der Waals surface area contributed by atoms with Crippen molar-refractivity contribution in [3.8, 4) is 0 Å². The summed E-state index contributed by atoms with van der Waals surface area (Å²) in [5.74, 6) is 0.0513. The zero-order valence-electron chi connectivity index (χ0n) is 10.4. The summed E-state index contributed by atoms with van der Waals surface area (Å²) in [5, 5.41) is 0. The second-order valence-electron chi connectivity index (χ2n) is 4.70. The highest BCUT2D eigenvalue weighted by Gasteiger charge is 2.19. The highest BCUT2D eigenvalue weighted by Crippen LogP contribution is 2.27. The lowest BCUT2D eigenvalue weighted by Gasteiger charge is -2.24. The van der Waals surface area contributed by atoms with E-state index in [1.807, 2.05) is 22.8 Å². The lowest BCUT2D eigenvalue weighted by molar-refractivity contribution is -0.0295. The molecule has 0 N–H and O–H groups in total. The number of Topliss-reactive ketones (excluding diaryl/α,β-unsaturated/α-hetero) is 1. The van der Waals surface area contributed by atoms with Crippen LogP contribution in [0.25, 0.3) is 11.0 Å². The Labute approximate surface area is 106 Å². The fraction of sp³-hybridized carbons (Fsp3) is 0.429. The molecule has 2 aromatic rings. The van der Waals surface area contributed by atoms with E-state index in [9.17, 15) is 4.79 Å². The van der Waals surface area contributed by atoms with Gasteiger partial charge in [-0.15, -0.1) is 0 Å². The molecule has 0 amide bonds. The third-order valence-electron chi connectivity index (χ3n) is 3.45. The van der Waals surface area contributed by atoms with Crippen molar-refractivity contribution in [3.05, 3.63) is 30.1 Å². The van der Waals surface area contributed by atoms with E-state index in [-0.39, 0.29) is 12.0 Å². The number of para-hydroxylation sites is 1. The third-order valence-corrected chi connectivity index (χ3v) is 3.45. The largest absolute Gasteiger partial charge is 0.358 e. The maximum Gasteiger partial charge on any atom is 0.162 e. The molecular weight excluding hydrogens is 228 g/mol. The van der Waals surface area contributed by atoms with Crippen molar-refractivity contribution >= 4 is 16.8 Å². The number of fused-ring (bicyclic) bond motifs is 1. The van der Waals surface area contributed by atoms with Crippen molar-refractivity contribution in [1.29, 1.82) is 0 Å². The fourth-order valence-electron chi connectivity index (χ4n) is 2.51. The van der Waals surface area contributed by atoms with E-state index in [1.54, 1.807) is 13.3 Å². The maximum atomic E-state index is 11.6. The van der Waals surface area contributed by atoms with Gasteiger partial charge in [0.25, 0.3) is 0 Å². The molecule has 18 heavy (non-hydrogen) atoms. The number of ketones is 1. The molecule has 0 bridgehead atoms. The molecule has 1 aliphatic heterocycles. The van der Waals surface area contributed by atoms with Gasteiger partial charge in [0, 0.05) is 12.2 Å². The number of ether oxygens (including phenoxy) is 1. The summed E-state index contributed by atoms with van der Waals surface area (Å²) >= 11 is 0. The SMILES string of the molecule is CC(=O)c1cccc2c1ncn2C1CCCCO1. The third kappa shape index (κ3) is 1.82. The van der Waals surface area contributed by atoms with Crippen molar-refractivity contribution in [3.63, 3.8) is 0 Å². The number of hydrogen-bond acceptors (Lipinski definition) is 3. The van der Waals surface area contributed by atoms with Gasteiger partial charge in [0.1, 0.15) is 6.23 Å². The second kappa shape index (κ2) is 4.53. The molecule has 0 spiro atoms. The van der Waals surface area contributed by atoms with Crippen LogP contribution in [0.15, 0.2) is 24.5 Å². The number of aromatic nitrogens is 2. The number of imidazole rings is 1. The van der Waals surface area contributed by atoms with Gasteiger partial charge in [0.05, 0.1) is 17.4 Å². The Morgan fingerprint density at radius 2 is 2.33 bits per heavy atom. The van der Waals surface area contributed by atoms with E-state index in [0.717, 1.165) is 30.5 Å². The maximum absolute atomic E-state index is 11.6. The Bertz CT molecular complexity index is 582. The van der Waals surface area contributed by atoms with Crippen molar-refractivity contribution in [2.75, 3.05) is 6.61 Å². The van der Waals surface area contributed by atoms with Crippen LogP contribution in [0.4, 0.5) is 0 Å². The Kier molecular flexibility index (Phi) is 2.88. The standard InChI is InChI=1S/C14H16N2O2/c1-10(17)11-5-4-6-12-14(11)15-9-16(12)13-7-2-3-8-18-13/h4-6,9,13H,2-3,7-8H2,1H3. The first-order valence-corrected chi connectivity index (χ1v) is 6.35. The molecule has 3 rings (SSSR count). The number of carbonyl (C=O) groups is 1. The summed E-state index contributed by atoms with van der Waals surface area (Å²) in [6.45, 7) is 2.38. The lowest BCUT2D eigenvalue weighted by Crippen LogP contribution is -2.17. The molecule has 0 saturated carbocycles. The first kappa shape index (κ1) is 11.4. The van der Waals surface area contributed by atoms with Gasteiger partial charge in [-0.05, 0) is 38.3 Å². The smallest absolute Gasteiger partial charge is 0.162 e. The predicted octanol–water partition coefficient (Wildman–Crippen LogP) is 2.94. The van der Waals surface area contributed by atoms with Crippen LogP contribution < -0.4 is 0 Å². The van der Waals surface area contributed by atoms with E-state index in [0.29, 0.717) is 5.56 Å². The van der Waals surface area contributed by atoms with Crippen molar-refractivity contribution in [2.45, 2.75) is 32.4 Å². The van der Waals surface area contributed by atoms with Crippen molar-refractivity contribution in [2.24, 2.45) is 0 Å². The fourth-order valence-corrected chi connectivity index (χ4v) is 2.51. The quantitative estimate of drug-likeness (QED) is 0.763. The Hall–Kier alpha value is -1.68. The number of benzene rings is 1. The summed E-state index contributed by atoms with van der Waals surface area (Å²) in [4.78, 5) is 15.9. The van der Waals surface area contributed by atoms with Crippen molar-refractivity contribution < 1.29 is 9.53 Å².